The largest absolute Gasteiger partial charge is 0.478 e. The third kappa shape index (κ3) is 2.12. The molecule has 3 heteroatoms. The van der Waals surface area contributed by atoms with Gasteiger partial charge in [-0.3, -0.25) is 0 Å². The number of esters is 1. The topological polar surface area (TPSA) is 35.5 Å². The lowest BCUT2D eigenvalue weighted by molar-refractivity contribution is -0.154. The number of carbonyl (C=O) groups is 1. The molecule has 1 aromatic carbocycles. The molecule has 0 spiro atoms. The minimum absolute atomic E-state index is 0.0928. The van der Waals surface area contributed by atoms with Crippen LogP contribution in [0.15, 0.2) is 24.3 Å². The van der Waals surface area contributed by atoms with Gasteiger partial charge < -0.3 is 9.47 Å². The van der Waals surface area contributed by atoms with Gasteiger partial charge in [0, 0.05) is 6.42 Å². The van der Waals surface area contributed by atoms with E-state index in [0.29, 0.717) is 6.42 Å². The van der Waals surface area contributed by atoms with Crippen molar-refractivity contribution in [2.24, 2.45) is 0 Å². The van der Waals surface area contributed by atoms with Crippen LogP contribution >= 0.6 is 0 Å². The van der Waals surface area contributed by atoms with Crippen LogP contribution in [0.25, 0.3) is 0 Å². The Labute approximate surface area is 89.0 Å². The van der Waals surface area contributed by atoms with Gasteiger partial charge in [0.25, 0.3) is 0 Å². The van der Waals surface area contributed by atoms with Crippen molar-refractivity contribution < 1.29 is 14.3 Å². The van der Waals surface area contributed by atoms with E-state index in [1.807, 2.05) is 38.1 Å². The predicted molar refractivity (Wildman–Crippen MR) is 55.8 cm³/mol. The molecule has 0 N–H and O–H groups in total. The summed E-state index contributed by atoms with van der Waals surface area (Å²) in [5.74, 6) is 0.518. The van der Waals surface area contributed by atoms with Crippen LogP contribution in [-0.4, -0.2) is 18.2 Å². The summed E-state index contributed by atoms with van der Waals surface area (Å²) in [5, 5.41) is 0. The average Bonchev–Trinajstić information content (AvgIpc) is 2.59. The average molecular weight is 206 g/mol. The summed E-state index contributed by atoms with van der Waals surface area (Å²) >= 11 is 0. The van der Waals surface area contributed by atoms with Crippen molar-refractivity contribution in [2.45, 2.75) is 32.5 Å². The molecular weight excluding hydrogens is 192 g/mol. The van der Waals surface area contributed by atoms with E-state index in [1.165, 1.54) is 0 Å². The number of ether oxygens (including phenoxy) is 2. The van der Waals surface area contributed by atoms with Gasteiger partial charge in [0.2, 0.25) is 0 Å². The van der Waals surface area contributed by atoms with Crippen LogP contribution in [0.4, 0.5) is 0 Å². The molecule has 0 radical (unpaired) electrons. The van der Waals surface area contributed by atoms with Gasteiger partial charge in [0.1, 0.15) is 5.75 Å². The van der Waals surface area contributed by atoms with E-state index in [-0.39, 0.29) is 12.1 Å². The molecule has 80 valence electrons. The fraction of sp³-hybridized carbons (Fsp3) is 0.417. The molecule has 0 aromatic heterocycles. The van der Waals surface area contributed by atoms with Gasteiger partial charge in [-0.15, -0.1) is 0 Å². The lowest BCUT2D eigenvalue weighted by atomic mass is 10.1. The van der Waals surface area contributed by atoms with Crippen LogP contribution in [0.3, 0.4) is 0 Å². The van der Waals surface area contributed by atoms with Crippen LogP contribution in [0.5, 0.6) is 5.75 Å². The monoisotopic (exact) mass is 206 g/mol. The molecular formula is C12H14O3. The molecule has 0 saturated heterocycles. The second-order valence-corrected chi connectivity index (χ2v) is 3.90. The van der Waals surface area contributed by atoms with Crippen molar-refractivity contribution in [2.75, 3.05) is 0 Å². The molecule has 1 heterocycles. The Morgan fingerprint density at radius 2 is 2.20 bits per heavy atom. The molecule has 0 saturated carbocycles. The van der Waals surface area contributed by atoms with Crippen molar-refractivity contribution in [3.8, 4) is 5.75 Å². The highest BCUT2D eigenvalue weighted by Crippen LogP contribution is 2.28. The maximum atomic E-state index is 11.6. The van der Waals surface area contributed by atoms with Gasteiger partial charge in [-0.1, -0.05) is 18.2 Å². The van der Waals surface area contributed by atoms with E-state index >= 15 is 0 Å². The summed E-state index contributed by atoms with van der Waals surface area (Å²) in [7, 11) is 0. The Morgan fingerprint density at radius 3 is 2.87 bits per heavy atom. The number of rotatable bonds is 2. The second kappa shape index (κ2) is 3.93. The minimum Gasteiger partial charge on any atom is -0.478 e. The van der Waals surface area contributed by atoms with E-state index < -0.39 is 6.10 Å². The Morgan fingerprint density at radius 1 is 1.47 bits per heavy atom. The zero-order chi connectivity index (χ0) is 10.8. The summed E-state index contributed by atoms with van der Waals surface area (Å²) in [5.41, 5.74) is 1.07. The van der Waals surface area contributed by atoms with Crippen molar-refractivity contribution >= 4 is 5.97 Å². The fourth-order valence-corrected chi connectivity index (χ4v) is 1.62. The van der Waals surface area contributed by atoms with Crippen molar-refractivity contribution in [1.29, 1.82) is 0 Å². The molecule has 15 heavy (non-hydrogen) atoms. The molecule has 1 unspecified atom stereocenters. The third-order valence-corrected chi connectivity index (χ3v) is 2.26. The number of benzene rings is 1. The Balaban J connectivity index is 2.04. The van der Waals surface area contributed by atoms with Crippen LogP contribution in [0.2, 0.25) is 0 Å². The first-order valence-electron chi connectivity index (χ1n) is 5.12. The van der Waals surface area contributed by atoms with E-state index in [0.717, 1.165) is 11.3 Å². The lowest BCUT2D eigenvalue weighted by Crippen LogP contribution is -2.29. The standard InChI is InChI=1S/C12H14O3/c1-8(2)14-12(13)11-7-9-5-3-4-6-10(9)15-11/h3-6,8,11H,7H2,1-2H3. The zero-order valence-corrected chi connectivity index (χ0v) is 8.90. The SMILES string of the molecule is CC(C)OC(=O)C1Cc2ccccc2O1. The maximum Gasteiger partial charge on any atom is 0.347 e. The molecule has 0 bridgehead atoms. The normalized spacial score (nSPS) is 18.5. The number of hydrogen-bond acceptors (Lipinski definition) is 3. The summed E-state index contributed by atoms with van der Waals surface area (Å²) in [6.45, 7) is 3.67. The van der Waals surface area contributed by atoms with Crippen molar-refractivity contribution in [3.05, 3.63) is 29.8 Å². The lowest BCUT2D eigenvalue weighted by Gasteiger charge is -2.12. The quantitative estimate of drug-likeness (QED) is 0.694. The van der Waals surface area contributed by atoms with Gasteiger partial charge in [0.05, 0.1) is 6.10 Å². The van der Waals surface area contributed by atoms with Gasteiger partial charge in [-0.2, -0.15) is 0 Å². The van der Waals surface area contributed by atoms with Gasteiger partial charge in [-0.05, 0) is 25.5 Å². The van der Waals surface area contributed by atoms with Crippen LogP contribution in [-0.2, 0) is 16.0 Å². The van der Waals surface area contributed by atoms with Crippen LogP contribution in [0, 0.1) is 0 Å². The number of carbonyl (C=O) groups excluding carboxylic acids is 1. The van der Waals surface area contributed by atoms with Crippen LogP contribution < -0.4 is 4.74 Å². The Bertz CT molecular complexity index is 346. The molecule has 3 nitrogen and oxygen atoms in total. The third-order valence-electron chi connectivity index (χ3n) is 2.26. The van der Waals surface area contributed by atoms with E-state index in [2.05, 4.69) is 0 Å². The van der Waals surface area contributed by atoms with E-state index in [9.17, 15) is 4.79 Å². The minimum atomic E-state index is -0.468. The number of hydrogen-bond donors (Lipinski definition) is 0. The predicted octanol–water partition coefficient (Wildman–Crippen LogP) is 1.94. The molecule has 0 fully saturated rings. The van der Waals surface area contributed by atoms with Gasteiger partial charge >= 0.3 is 5.97 Å². The summed E-state index contributed by atoms with van der Waals surface area (Å²) in [6.07, 6.45) is 0.0523. The first-order valence-corrected chi connectivity index (χ1v) is 5.12. The summed E-state index contributed by atoms with van der Waals surface area (Å²) in [4.78, 5) is 11.6. The van der Waals surface area contributed by atoms with Crippen molar-refractivity contribution in [1.82, 2.24) is 0 Å². The van der Waals surface area contributed by atoms with E-state index in [1.54, 1.807) is 0 Å². The van der Waals surface area contributed by atoms with E-state index in [4.69, 9.17) is 9.47 Å². The smallest absolute Gasteiger partial charge is 0.347 e. The van der Waals surface area contributed by atoms with Gasteiger partial charge in [-0.25, -0.2) is 4.79 Å². The number of fused-ring (bicyclic) bond motifs is 1. The molecule has 1 aliphatic heterocycles. The molecule has 0 amide bonds. The second-order valence-electron chi connectivity index (χ2n) is 3.90. The Hall–Kier alpha value is -1.51. The molecule has 1 atom stereocenters. The highest BCUT2D eigenvalue weighted by molar-refractivity contribution is 5.77. The Kier molecular flexibility index (Phi) is 2.62. The molecule has 1 aromatic rings. The summed E-state index contributed by atoms with van der Waals surface area (Å²) < 4.78 is 10.6. The highest BCUT2D eigenvalue weighted by atomic mass is 16.6. The van der Waals surface area contributed by atoms with Crippen molar-refractivity contribution in [3.63, 3.8) is 0 Å². The summed E-state index contributed by atoms with van der Waals surface area (Å²) in [6, 6.07) is 7.68. The first-order chi connectivity index (χ1) is 7.16. The maximum absolute atomic E-state index is 11.6. The number of para-hydroxylation sites is 1. The zero-order valence-electron chi connectivity index (χ0n) is 8.90. The molecule has 1 aliphatic rings. The highest BCUT2D eigenvalue weighted by Gasteiger charge is 2.30. The molecule has 2 rings (SSSR count). The molecule has 0 aliphatic carbocycles. The van der Waals surface area contributed by atoms with Crippen LogP contribution in [0.1, 0.15) is 19.4 Å². The fourth-order valence-electron chi connectivity index (χ4n) is 1.62. The van der Waals surface area contributed by atoms with Gasteiger partial charge in [0.15, 0.2) is 6.10 Å². The first kappa shape index (κ1) is 10.0.